The second kappa shape index (κ2) is 13.3. The van der Waals surface area contributed by atoms with Gasteiger partial charge < -0.3 is 20.4 Å². The van der Waals surface area contributed by atoms with E-state index in [-0.39, 0.29) is 30.3 Å². The summed E-state index contributed by atoms with van der Waals surface area (Å²) in [6.45, 7) is 1.70. The standard InChI is InChI=1S/C39H42N4O5/c1-23(43(2)39(47)48-22-24-11-4-3-5-12-24)37(45)42-33-21-30-27-16-8-9-17-32(27)40-35(30)28-19-20-29(34(28)36(33)44)38(46)41-31-18-10-14-25-13-6-7-15-26(25)31/h3-9,11-13,15-17,23,28-29,31,33-34,40H,10,14,18-22H2,1-2H3,(H,41,46)(H,42,45)/t23-,28-,29+,31+,33-,34?/m0/s1. The lowest BCUT2D eigenvalue weighted by Gasteiger charge is -2.30. The highest BCUT2D eigenvalue weighted by Crippen LogP contribution is 2.49. The van der Waals surface area contributed by atoms with Crippen LogP contribution in [0.3, 0.4) is 0 Å². The summed E-state index contributed by atoms with van der Waals surface area (Å²) in [4.78, 5) is 60.0. The molecule has 0 radical (unpaired) electrons. The summed E-state index contributed by atoms with van der Waals surface area (Å²) in [5, 5.41) is 7.33. The molecule has 6 atom stereocenters. The Kier molecular flexibility index (Phi) is 8.77. The molecular formula is C39H42N4O5. The SMILES string of the molecule is C[C@@H](C(=O)N[C@H]1Cc2c([nH]c3ccccc23)[C@H]2CC[C@@H](C(=O)N[C@@H]3CCCc4ccccc43)C2C1=O)N(C)C(=O)OCc1ccccc1. The van der Waals surface area contributed by atoms with Gasteiger partial charge in [-0.05, 0) is 67.3 Å². The number of H-pyrrole nitrogens is 1. The highest BCUT2D eigenvalue weighted by molar-refractivity contribution is 5.98. The topological polar surface area (TPSA) is 121 Å². The number of carbonyl (C=O) groups is 4. The monoisotopic (exact) mass is 646 g/mol. The van der Waals surface area contributed by atoms with E-state index in [1.165, 1.54) is 17.5 Å². The van der Waals surface area contributed by atoms with Gasteiger partial charge in [0.25, 0.3) is 0 Å². The lowest BCUT2D eigenvalue weighted by Crippen LogP contribution is -2.53. The molecule has 3 aliphatic carbocycles. The van der Waals surface area contributed by atoms with Crippen LogP contribution in [-0.4, -0.2) is 52.7 Å². The summed E-state index contributed by atoms with van der Waals surface area (Å²) in [7, 11) is 1.51. The maximum atomic E-state index is 14.5. The molecule has 1 aromatic heterocycles. The summed E-state index contributed by atoms with van der Waals surface area (Å²) < 4.78 is 5.45. The van der Waals surface area contributed by atoms with Crippen LogP contribution < -0.4 is 10.6 Å². The van der Waals surface area contributed by atoms with Crippen LogP contribution in [-0.2, 0) is 38.6 Å². The van der Waals surface area contributed by atoms with Crippen molar-refractivity contribution in [2.45, 2.75) is 76.1 Å². The Morgan fingerprint density at radius 1 is 0.917 bits per heavy atom. The van der Waals surface area contributed by atoms with Crippen LogP contribution >= 0.6 is 0 Å². The van der Waals surface area contributed by atoms with E-state index < -0.39 is 35.9 Å². The molecule has 48 heavy (non-hydrogen) atoms. The van der Waals surface area contributed by atoms with Crippen LogP contribution in [0, 0.1) is 11.8 Å². The van der Waals surface area contributed by atoms with E-state index in [1.54, 1.807) is 6.92 Å². The van der Waals surface area contributed by atoms with Gasteiger partial charge in [0.05, 0.1) is 12.1 Å². The Hall–Kier alpha value is -4.92. The molecule has 9 heteroatoms. The Labute approximate surface area is 280 Å². The second-order valence-electron chi connectivity index (χ2n) is 13.5. The quantitative estimate of drug-likeness (QED) is 0.237. The van der Waals surface area contributed by atoms with Gasteiger partial charge in [0.2, 0.25) is 11.8 Å². The number of fused-ring (bicyclic) bond motifs is 6. The number of ether oxygens (including phenoxy) is 1. The minimum absolute atomic E-state index is 0.0837. The van der Waals surface area contributed by atoms with Crippen LogP contribution in [0.2, 0.25) is 0 Å². The van der Waals surface area contributed by atoms with E-state index in [1.807, 2.05) is 66.7 Å². The van der Waals surface area contributed by atoms with Gasteiger partial charge in [-0.25, -0.2) is 4.79 Å². The number of hydrogen-bond acceptors (Lipinski definition) is 5. The van der Waals surface area contributed by atoms with Gasteiger partial charge >= 0.3 is 6.09 Å². The Balaban J connectivity index is 1.12. The number of amides is 3. The number of aromatic amines is 1. The third kappa shape index (κ3) is 5.98. The van der Waals surface area contributed by atoms with Crippen LogP contribution in [0.25, 0.3) is 10.9 Å². The number of Topliss-reactive ketones (excluding diaryl/α,β-unsaturated/α-hetero) is 1. The van der Waals surface area contributed by atoms with Gasteiger partial charge in [-0.1, -0.05) is 72.8 Å². The van der Waals surface area contributed by atoms with Crippen LogP contribution in [0.5, 0.6) is 0 Å². The summed E-state index contributed by atoms with van der Waals surface area (Å²) in [6, 6.07) is 23.8. The first-order valence-corrected chi connectivity index (χ1v) is 17.1. The Morgan fingerprint density at radius 3 is 2.50 bits per heavy atom. The molecule has 3 aliphatic rings. The maximum absolute atomic E-state index is 14.5. The number of aromatic nitrogens is 1. The number of nitrogens with one attached hydrogen (secondary N) is 3. The van der Waals surface area contributed by atoms with E-state index >= 15 is 0 Å². The molecule has 7 rings (SSSR count). The van der Waals surface area contributed by atoms with Crippen molar-refractivity contribution in [1.29, 1.82) is 0 Å². The third-order valence-corrected chi connectivity index (χ3v) is 10.7. The zero-order valence-electron chi connectivity index (χ0n) is 27.4. The maximum Gasteiger partial charge on any atom is 0.410 e. The highest BCUT2D eigenvalue weighted by atomic mass is 16.6. The average Bonchev–Trinajstić information content (AvgIpc) is 3.69. The number of aryl methyl sites for hydroxylation is 1. The van der Waals surface area contributed by atoms with Gasteiger partial charge in [-0.2, -0.15) is 0 Å². The number of carbonyl (C=O) groups excluding carboxylic acids is 4. The largest absolute Gasteiger partial charge is 0.445 e. The Morgan fingerprint density at radius 2 is 1.67 bits per heavy atom. The fourth-order valence-corrected chi connectivity index (χ4v) is 8.06. The lowest BCUT2D eigenvalue weighted by atomic mass is 9.82. The van der Waals surface area contributed by atoms with Crippen molar-refractivity contribution in [1.82, 2.24) is 20.5 Å². The van der Waals surface area contributed by atoms with Gasteiger partial charge in [-0.3, -0.25) is 19.3 Å². The first kappa shape index (κ1) is 31.7. The number of benzene rings is 3. The molecule has 4 aromatic rings. The molecule has 3 N–H and O–H groups in total. The molecule has 1 unspecified atom stereocenters. The predicted molar refractivity (Wildman–Crippen MR) is 182 cm³/mol. The summed E-state index contributed by atoms with van der Waals surface area (Å²) >= 11 is 0. The summed E-state index contributed by atoms with van der Waals surface area (Å²) in [5.74, 6) is -1.95. The molecule has 0 aliphatic heterocycles. The summed E-state index contributed by atoms with van der Waals surface area (Å²) in [5.41, 5.74) is 6.22. The molecule has 0 bridgehead atoms. The van der Waals surface area contributed by atoms with E-state index in [2.05, 4.69) is 27.8 Å². The van der Waals surface area contributed by atoms with Gasteiger partial charge in [-0.15, -0.1) is 0 Å². The molecule has 1 fully saturated rings. The number of nitrogens with zero attached hydrogens (tertiary/aromatic N) is 1. The number of para-hydroxylation sites is 1. The molecule has 9 nitrogen and oxygen atoms in total. The smallest absolute Gasteiger partial charge is 0.410 e. The van der Waals surface area contributed by atoms with Gasteiger partial charge in [0.15, 0.2) is 5.78 Å². The van der Waals surface area contributed by atoms with Crippen molar-refractivity contribution in [3.8, 4) is 0 Å². The van der Waals surface area contributed by atoms with E-state index in [0.29, 0.717) is 19.3 Å². The van der Waals surface area contributed by atoms with E-state index in [0.717, 1.165) is 52.5 Å². The van der Waals surface area contributed by atoms with Crippen molar-refractivity contribution in [3.05, 3.63) is 107 Å². The number of hydrogen-bond donors (Lipinski definition) is 3. The first-order valence-electron chi connectivity index (χ1n) is 17.1. The van der Waals surface area contributed by atoms with Gasteiger partial charge in [0, 0.05) is 47.8 Å². The zero-order chi connectivity index (χ0) is 33.4. The minimum Gasteiger partial charge on any atom is -0.445 e. The second-order valence-corrected chi connectivity index (χ2v) is 13.5. The molecule has 0 saturated heterocycles. The molecule has 0 spiro atoms. The van der Waals surface area contributed by atoms with Gasteiger partial charge in [0.1, 0.15) is 12.6 Å². The highest BCUT2D eigenvalue weighted by Gasteiger charge is 2.51. The van der Waals surface area contributed by atoms with Crippen molar-refractivity contribution >= 4 is 34.6 Å². The van der Waals surface area contributed by atoms with E-state index in [4.69, 9.17) is 4.74 Å². The van der Waals surface area contributed by atoms with Crippen molar-refractivity contribution in [2.24, 2.45) is 11.8 Å². The molecular weight excluding hydrogens is 604 g/mol. The molecule has 3 amide bonds. The molecule has 1 heterocycles. The molecule has 3 aromatic carbocycles. The lowest BCUT2D eigenvalue weighted by molar-refractivity contribution is -0.136. The van der Waals surface area contributed by atoms with Crippen LogP contribution in [0.15, 0.2) is 78.9 Å². The molecule has 248 valence electrons. The molecule has 1 saturated carbocycles. The normalized spacial score (nSPS) is 23.6. The Bertz CT molecular complexity index is 1850. The van der Waals surface area contributed by atoms with Crippen molar-refractivity contribution in [2.75, 3.05) is 7.05 Å². The third-order valence-electron chi connectivity index (χ3n) is 10.7. The fourth-order valence-electron chi connectivity index (χ4n) is 8.06. The summed E-state index contributed by atoms with van der Waals surface area (Å²) in [6.07, 6.45) is 3.81. The zero-order valence-corrected chi connectivity index (χ0v) is 27.4. The minimum atomic E-state index is -0.892. The van der Waals surface area contributed by atoms with Crippen LogP contribution in [0.1, 0.15) is 72.5 Å². The fraction of sp³-hybridized carbons (Fsp3) is 0.385. The predicted octanol–water partition coefficient (Wildman–Crippen LogP) is 5.74. The van der Waals surface area contributed by atoms with Crippen molar-refractivity contribution < 1.29 is 23.9 Å². The van der Waals surface area contributed by atoms with Crippen LogP contribution in [0.4, 0.5) is 4.79 Å². The van der Waals surface area contributed by atoms with Crippen molar-refractivity contribution in [3.63, 3.8) is 0 Å². The number of ketones is 1. The number of rotatable bonds is 7. The number of likely N-dealkylation sites (N-methyl/N-ethyl adjacent to an activating group) is 1. The first-order chi connectivity index (χ1) is 23.3. The van der Waals surface area contributed by atoms with E-state index in [9.17, 15) is 19.2 Å². The average molecular weight is 647 g/mol.